The molecule has 1 atom stereocenters. The van der Waals surface area contributed by atoms with Crippen LogP contribution in [0.1, 0.15) is 36.0 Å². The van der Waals surface area contributed by atoms with Crippen molar-refractivity contribution in [1.29, 1.82) is 0 Å². The molecule has 0 spiro atoms. The van der Waals surface area contributed by atoms with E-state index in [2.05, 4.69) is 22.1 Å². The highest BCUT2D eigenvalue weighted by Gasteiger charge is 2.47. The molecule has 0 unspecified atom stereocenters. The number of alkyl halides is 2. The fourth-order valence-electron chi connectivity index (χ4n) is 3.60. The Balaban J connectivity index is 1.65. The summed E-state index contributed by atoms with van der Waals surface area (Å²) in [6, 6.07) is 5.31. The maximum absolute atomic E-state index is 13.2. The first-order chi connectivity index (χ1) is 13.9. The molecule has 1 saturated carbocycles. The first-order valence-electron chi connectivity index (χ1n) is 9.30. The Morgan fingerprint density at radius 2 is 2.28 bits per heavy atom. The Labute approximate surface area is 176 Å². The average Bonchev–Trinajstić information content (AvgIpc) is 3.27. The number of hydrogen-bond donors (Lipinski definition) is 2. The van der Waals surface area contributed by atoms with Crippen LogP contribution < -0.4 is 11.1 Å². The molecule has 29 heavy (non-hydrogen) atoms. The molecule has 4 rings (SSSR count). The zero-order chi connectivity index (χ0) is 20.6. The minimum Gasteiger partial charge on any atom is -0.456 e. The summed E-state index contributed by atoms with van der Waals surface area (Å²) in [4.78, 5) is 5.57. The van der Waals surface area contributed by atoms with Crippen molar-refractivity contribution in [2.24, 2.45) is 11.7 Å². The molecule has 0 bridgehead atoms. The molecule has 1 aliphatic carbocycles. The summed E-state index contributed by atoms with van der Waals surface area (Å²) < 4.78 is 32.5. The number of aromatic nitrogens is 1. The minimum atomic E-state index is -2.60. The Morgan fingerprint density at radius 3 is 2.93 bits per heavy atom. The van der Waals surface area contributed by atoms with Crippen molar-refractivity contribution in [3.05, 3.63) is 44.9 Å². The van der Waals surface area contributed by atoms with Gasteiger partial charge in [0.1, 0.15) is 16.4 Å². The van der Waals surface area contributed by atoms with Crippen molar-refractivity contribution < 1.29 is 13.2 Å². The molecule has 1 fully saturated rings. The highest BCUT2D eigenvalue weighted by atomic mass is 35.5. The van der Waals surface area contributed by atoms with Crippen molar-refractivity contribution in [2.75, 3.05) is 5.32 Å². The van der Waals surface area contributed by atoms with Crippen molar-refractivity contribution in [3.8, 4) is 11.8 Å². The number of hydrogen-bond acceptors (Lipinski definition) is 5. The van der Waals surface area contributed by atoms with Gasteiger partial charge < -0.3 is 15.5 Å². The van der Waals surface area contributed by atoms with Gasteiger partial charge >= 0.3 is 0 Å². The summed E-state index contributed by atoms with van der Waals surface area (Å²) in [5, 5.41) is 5.67. The van der Waals surface area contributed by atoms with Crippen LogP contribution in [0.5, 0.6) is 0 Å². The van der Waals surface area contributed by atoms with Crippen LogP contribution >= 0.6 is 22.9 Å². The van der Waals surface area contributed by atoms with E-state index in [4.69, 9.17) is 21.8 Å². The number of pyridine rings is 1. The third-order valence-electron chi connectivity index (χ3n) is 5.11. The number of fused-ring (bicyclic) bond motifs is 1. The summed E-state index contributed by atoms with van der Waals surface area (Å²) in [5.41, 5.74) is 8.64. The summed E-state index contributed by atoms with van der Waals surface area (Å²) in [6.45, 7) is 2.34. The summed E-state index contributed by atoms with van der Waals surface area (Å²) >= 11 is 7.89. The van der Waals surface area contributed by atoms with E-state index in [-0.39, 0.29) is 18.8 Å². The maximum Gasteiger partial charge on any atom is 0.248 e. The van der Waals surface area contributed by atoms with Crippen LogP contribution in [0.2, 0.25) is 5.15 Å². The summed E-state index contributed by atoms with van der Waals surface area (Å²) in [6.07, 6.45) is -0.0368. The quantitative estimate of drug-likeness (QED) is 0.399. The average molecular weight is 436 g/mol. The highest BCUT2D eigenvalue weighted by Crippen LogP contribution is 2.44. The number of rotatable bonds is 6. The molecule has 0 saturated heterocycles. The second-order valence-electron chi connectivity index (χ2n) is 7.27. The van der Waals surface area contributed by atoms with Crippen molar-refractivity contribution in [1.82, 2.24) is 4.98 Å². The first-order valence-corrected chi connectivity index (χ1v) is 10.6. The second-order valence-corrected chi connectivity index (χ2v) is 8.69. The lowest BCUT2D eigenvalue weighted by Crippen LogP contribution is -2.46. The van der Waals surface area contributed by atoms with Gasteiger partial charge in [-0.15, -0.1) is 17.3 Å². The van der Waals surface area contributed by atoms with Crippen molar-refractivity contribution >= 4 is 39.7 Å². The van der Waals surface area contributed by atoms with Crippen LogP contribution in [-0.4, -0.2) is 16.9 Å². The topological polar surface area (TPSA) is 64.1 Å². The molecule has 4 nitrogen and oxygen atoms in total. The van der Waals surface area contributed by atoms with Crippen molar-refractivity contribution in [2.45, 2.75) is 44.7 Å². The van der Waals surface area contributed by atoms with Crippen LogP contribution in [0, 0.1) is 17.8 Å². The Bertz CT molecular complexity index is 1080. The van der Waals surface area contributed by atoms with E-state index < -0.39 is 12.0 Å². The number of nitrogens with zero attached hydrogens (tertiary/aromatic N) is 1. The number of nitrogens with two attached hydrogens (primary N) is 1. The molecule has 3 heterocycles. The predicted molar refractivity (Wildman–Crippen MR) is 113 cm³/mol. The number of halogens is 3. The SMILES string of the molecule is CC#Cc1c(C[C@@H](N)C2CC(F)(F)C2)oc2c(NCc3cccs3)cc(Cl)nc12. The molecular formula is C21H20ClF2N3OS. The van der Waals surface area contributed by atoms with Gasteiger partial charge in [0.2, 0.25) is 5.92 Å². The molecule has 3 aromatic heterocycles. The molecule has 0 amide bonds. The Kier molecular flexibility index (Phi) is 5.52. The van der Waals surface area contributed by atoms with Crippen LogP contribution in [0.15, 0.2) is 28.0 Å². The summed E-state index contributed by atoms with van der Waals surface area (Å²) in [5.74, 6) is 3.62. The first kappa shape index (κ1) is 20.1. The monoisotopic (exact) mass is 435 g/mol. The van der Waals surface area contributed by atoms with E-state index in [1.807, 2.05) is 17.5 Å². The molecule has 8 heteroatoms. The predicted octanol–water partition coefficient (Wildman–Crippen LogP) is 5.44. The van der Waals surface area contributed by atoms with Gasteiger partial charge in [-0.3, -0.25) is 0 Å². The van der Waals surface area contributed by atoms with E-state index in [9.17, 15) is 8.78 Å². The van der Waals surface area contributed by atoms with Gasteiger partial charge in [-0.25, -0.2) is 13.8 Å². The van der Waals surface area contributed by atoms with Crippen LogP contribution in [0.25, 0.3) is 11.1 Å². The van der Waals surface area contributed by atoms with Gasteiger partial charge in [-0.2, -0.15) is 0 Å². The molecule has 3 aromatic rings. The normalized spacial score (nSPS) is 16.9. The number of furan rings is 1. The largest absolute Gasteiger partial charge is 0.456 e. The standard InChI is InChI=1S/C21H20ClF2N3OS/c1-2-4-14-17(7-15(25)12-9-21(23,24)10-12)28-20-16(8-18(22)27-19(14)20)26-11-13-5-3-6-29-13/h3,5-6,8,12,15H,7,9-11,25H2,1H3,(H,26,27)/t15-/m1/s1. The van der Waals surface area contributed by atoms with E-state index in [1.165, 1.54) is 4.88 Å². The lowest BCUT2D eigenvalue weighted by Gasteiger charge is -2.38. The van der Waals surface area contributed by atoms with Crippen molar-refractivity contribution in [3.63, 3.8) is 0 Å². The van der Waals surface area contributed by atoms with Gasteiger partial charge in [-0.1, -0.05) is 23.6 Å². The number of thiophene rings is 1. The van der Waals surface area contributed by atoms with E-state index in [1.54, 1.807) is 24.3 Å². The van der Waals surface area contributed by atoms with Gasteiger partial charge in [0.05, 0.1) is 11.3 Å². The second kappa shape index (κ2) is 7.94. The van der Waals surface area contributed by atoms with Gasteiger partial charge in [0.15, 0.2) is 5.58 Å². The lowest BCUT2D eigenvalue weighted by atomic mass is 9.75. The molecular weight excluding hydrogens is 416 g/mol. The van der Waals surface area contributed by atoms with Gasteiger partial charge in [0.25, 0.3) is 0 Å². The van der Waals surface area contributed by atoms with Crippen LogP contribution in [-0.2, 0) is 13.0 Å². The number of nitrogens with one attached hydrogen (secondary N) is 1. The molecule has 0 aromatic carbocycles. The zero-order valence-electron chi connectivity index (χ0n) is 15.8. The van der Waals surface area contributed by atoms with E-state index in [0.29, 0.717) is 46.2 Å². The molecule has 152 valence electrons. The van der Waals surface area contributed by atoms with E-state index in [0.717, 1.165) is 0 Å². The van der Waals surface area contributed by atoms with E-state index >= 15 is 0 Å². The molecule has 1 aliphatic rings. The molecule has 3 N–H and O–H groups in total. The smallest absolute Gasteiger partial charge is 0.248 e. The van der Waals surface area contributed by atoms with Crippen LogP contribution in [0.4, 0.5) is 14.5 Å². The lowest BCUT2D eigenvalue weighted by molar-refractivity contribution is -0.116. The van der Waals surface area contributed by atoms with Gasteiger partial charge in [-0.05, 0) is 24.3 Å². The highest BCUT2D eigenvalue weighted by molar-refractivity contribution is 7.09. The zero-order valence-corrected chi connectivity index (χ0v) is 17.3. The maximum atomic E-state index is 13.2. The number of anilines is 1. The fourth-order valence-corrected chi connectivity index (χ4v) is 4.43. The molecule has 0 radical (unpaired) electrons. The third kappa shape index (κ3) is 4.25. The Morgan fingerprint density at radius 1 is 1.48 bits per heavy atom. The Hall–Kier alpha value is -2.14. The minimum absolute atomic E-state index is 0.180. The summed E-state index contributed by atoms with van der Waals surface area (Å²) in [7, 11) is 0. The van der Waals surface area contributed by atoms with Crippen LogP contribution in [0.3, 0.4) is 0 Å². The fraction of sp³-hybridized carbons (Fsp3) is 0.381. The molecule has 0 aliphatic heterocycles. The van der Waals surface area contributed by atoms with Gasteiger partial charge in [0, 0.05) is 42.8 Å². The third-order valence-corrected chi connectivity index (χ3v) is 6.18.